The zero-order valence-electron chi connectivity index (χ0n) is 13.5. The number of hydrogen-bond acceptors (Lipinski definition) is 2. The molecule has 1 aliphatic rings. The Kier molecular flexibility index (Phi) is 5.59. The molecule has 1 N–H and O–H groups in total. The van der Waals surface area contributed by atoms with Crippen LogP contribution in [-0.2, 0) is 6.54 Å². The molecule has 2 aromatic carbocycles. The maximum absolute atomic E-state index is 12.4. The van der Waals surface area contributed by atoms with Gasteiger partial charge in [0.1, 0.15) is 11.9 Å². The van der Waals surface area contributed by atoms with Crippen LogP contribution in [0, 0.1) is 0 Å². The van der Waals surface area contributed by atoms with Crippen LogP contribution in [0.3, 0.4) is 0 Å². The van der Waals surface area contributed by atoms with E-state index in [1.165, 1.54) is 0 Å². The van der Waals surface area contributed by atoms with E-state index in [9.17, 15) is 4.79 Å². The first-order valence-electron chi connectivity index (χ1n) is 8.19. The Morgan fingerprint density at radius 3 is 2.83 bits per heavy atom. The van der Waals surface area contributed by atoms with E-state index in [0.29, 0.717) is 18.1 Å². The van der Waals surface area contributed by atoms with Crippen molar-refractivity contribution in [3.63, 3.8) is 0 Å². The summed E-state index contributed by atoms with van der Waals surface area (Å²) in [5.41, 5.74) is 0.991. The highest BCUT2D eigenvalue weighted by Crippen LogP contribution is 2.18. The number of likely N-dealkylation sites (tertiary alicyclic amines) is 1. The Morgan fingerprint density at radius 2 is 2.04 bits per heavy atom. The van der Waals surface area contributed by atoms with E-state index in [1.807, 2.05) is 59.5 Å². The van der Waals surface area contributed by atoms with Gasteiger partial charge in [0.15, 0.2) is 0 Å². The summed E-state index contributed by atoms with van der Waals surface area (Å²) in [5, 5.41) is 3.63. The van der Waals surface area contributed by atoms with Gasteiger partial charge in [-0.1, -0.05) is 41.9 Å². The fourth-order valence-corrected chi connectivity index (χ4v) is 3.06. The van der Waals surface area contributed by atoms with Crippen molar-refractivity contribution in [1.29, 1.82) is 0 Å². The Labute approximate surface area is 147 Å². The zero-order valence-corrected chi connectivity index (χ0v) is 14.2. The number of amides is 2. The molecular formula is C19H21ClN2O2. The molecular weight excluding hydrogens is 324 g/mol. The van der Waals surface area contributed by atoms with Crippen molar-refractivity contribution in [2.24, 2.45) is 0 Å². The van der Waals surface area contributed by atoms with Crippen molar-refractivity contribution in [2.45, 2.75) is 25.5 Å². The van der Waals surface area contributed by atoms with E-state index in [4.69, 9.17) is 16.3 Å². The van der Waals surface area contributed by atoms with Gasteiger partial charge in [-0.3, -0.25) is 0 Å². The van der Waals surface area contributed by atoms with Crippen LogP contribution < -0.4 is 10.1 Å². The van der Waals surface area contributed by atoms with Gasteiger partial charge in [-0.15, -0.1) is 0 Å². The van der Waals surface area contributed by atoms with Gasteiger partial charge in [-0.2, -0.15) is 0 Å². The number of carbonyl (C=O) groups excluding carboxylic acids is 1. The predicted molar refractivity (Wildman–Crippen MR) is 95.4 cm³/mol. The molecule has 3 rings (SSSR count). The lowest BCUT2D eigenvalue weighted by atomic mass is 10.1. The van der Waals surface area contributed by atoms with Crippen molar-refractivity contribution in [3.8, 4) is 5.75 Å². The number of nitrogens with one attached hydrogen (secondary N) is 1. The molecule has 0 radical (unpaired) electrons. The number of ether oxygens (including phenoxy) is 1. The highest BCUT2D eigenvalue weighted by molar-refractivity contribution is 6.30. The first-order chi connectivity index (χ1) is 11.7. The second kappa shape index (κ2) is 8.06. The third-order valence-electron chi connectivity index (χ3n) is 4.04. The number of para-hydroxylation sites is 1. The lowest BCUT2D eigenvalue weighted by Gasteiger charge is -2.33. The number of urea groups is 1. The fourth-order valence-electron chi connectivity index (χ4n) is 2.85. The molecule has 2 aromatic rings. The molecule has 1 saturated heterocycles. The number of piperidine rings is 1. The molecule has 1 atom stereocenters. The second-order valence-electron chi connectivity index (χ2n) is 5.93. The first-order valence-corrected chi connectivity index (χ1v) is 8.57. The highest BCUT2D eigenvalue weighted by atomic mass is 35.5. The normalized spacial score (nSPS) is 17.4. The van der Waals surface area contributed by atoms with Crippen molar-refractivity contribution in [1.82, 2.24) is 10.2 Å². The van der Waals surface area contributed by atoms with Crippen molar-refractivity contribution >= 4 is 17.6 Å². The number of carbonyl (C=O) groups is 1. The average molecular weight is 345 g/mol. The van der Waals surface area contributed by atoms with E-state index in [2.05, 4.69) is 5.32 Å². The molecule has 1 unspecified atom stereocenters. The van der Waals surface area contributed by atoms with Gasteiger partial charge >= 0.3 is 6.03 Å². The van der Waals surface area contributed by atoms with Crippen molar-refractivity contribution in [2.75, 3.05) is 13.1 Å². The first kappa shape index (κ1) is 16.7. The lowest BCUT2D eigenvalue weighted by molar-refractivity contribution is 0.101. The Morgan fingerprint density at radius 1 is 1.21 bits per heavy atom. The Balaban J connectivity index is 1.51. The molecule has 0 aliphatic carbocycles. The number of hydrogen-bond donors (Lipinski definition) is 1. The predicted octanol–water partition coefficient (Wildman–Crippen LogP) is 4.09. The molecule has 1 aliphatic heterocycles. The molecule has 2 amide bonds. The van der Waals surface area contributed by atoms with E-state index in [-0.39, 0.29) is 12.1 Å². The zero-order chi connectivity index (χ0) is 16.8. The van der Waals surface area contributed by atoms with Gasteiger partial charge < -0.3 is 15.0 Å². The Hall–Kier alpha value is -2.20. The van der Waals surface area contributed by atoms with Gasteiger partial charge in [0.25, 0.3) is 0 Å². The summed E-state index contributed by atoms with van der Waals surface area (Å²) in [7, 11) is 0. The standard InChI is InChI=1S/C19H21ClN2O2/c20-16-7-4-6-15(12-16)13-21-19(23)22-11-5-10-18(14-22)24-17-8-2-1-3-9-17/h1-4,6-9,12,18H,5,10-11,13-14H2,(H,21,23). The van der Waals surface area contributed by atoms with Crippen LogP contribution in [0.25, 0.3) is 0 Å². The molecule has 1 heterocycles. The minimum absolute atomic E-state index is 0.0399. The smallest absolute Gasteiger partial charge is 0.317 e. The quantitative estimate of drug-likeness (QED) is 0.907. The average Bonchev–Trinajstić information content (AvgIpc) is 2.61. The molecule has 0 aromatic heterocycles. The van der Waals surface area contributed by atoms with E-state index < -0.39 is 0 Å². The van der Waals surface area contributed by atoms with E-state index in [1.54, 1.807) is 0 Å². The lowest BCUT2D eigenvalue weighted by Crippen LogP contribution is -2.48. The molecule has 4 nitrogen and oxygen atoms in total. The van der Waals surface area contributed by atoms with Gasteiger partial charge in [0.05, 0.1) is 6.54 Å². The summed E-state index contributed by atoms with van der Waals surface area (Å²) in [6, 6.07) is 17.2. The van der Waals surface area contributed by atoms with Gasteiger partial charge in [0, 0.05) is 18.1 Å². The summed E-state index contributed by atoms with van der Waals surface area (Å²) in [4.78, 5) is 14.2. The molecule has 24 heavy (non-hydrogen) atoms. The molecule has 1 fully saturated rings. The second-order valence-corrected chi connectivity index (χ2v) is 6.37. The van der Waals surface area contributed by atoms with E-state index >= 15 is 0 Å². The minimum Gasteiger partial charge on any atom is -0.489 e. The van der Waals surface area contributed by atoms with Crippen LogP contribution in [0.5, 0.6) is 5.75 Å². The summed E-state index contributed by atoms with van der Waals surface area (Å²) < 4.78 is 5.98. The summed E-state index contributed by atoms with van der Waals surface area (Å²) in [6.07, 6.45) is 1.95. The largest absolute Gasteiger partial charge is 0.489 e. The van der Waals surface area contributed by atoms with Gasteiger partial charge in [-0.05, 0) is 42.7 Å². The van der Waals surface area contributed by atoms with Crippen LogP contribution >= 0.6 is 11.6 Å². The van der Waals surface area contributed by atoms with Crippen LogP contribution in [0.1, 0.15) is 18.4 Å². The molecule has 0 saturated carbocycles. The third kappa shape index (κ3) is 4.65. The fraction of sp³-hybridized carbons (Fsp3) is 0.316. The van der Waals surface area contributed by atoms with Crippen LogP contribution in [0.4, 0.5) is 4.79 Å². The van der Waals surface area contributed by atoms with Crippen molar-refractivity contribution < 1.29 is 9.53 Å². The van der Waals surface area contributed by atoms with Crippen LogP contribution in [0.15, 0.2) is 54.6 Å². The van der Waals surface area contributed by atoms with Crippen molar-refractivity contribution in [3.05, 3.63) is 65.2 Å². The van der Waals surface area contributed by atoms with Gasteiger partial charge in [-0.25, -0.2) is 4.79 Å². The summed E-state index contributed by atoms with van der Waals surface area (Å²) in [6.45, 7) is 1.84. The molecule has 0 spiro atoms. The topological polar surface area (TPSA) is 41.6 Å². The summed E-state index contributed by atoms with van der Waals surface area (Å²) in [5.74, 6) is 0.851. The third-order valence-corrected chi connectivity index (χ3v) is 4.28. The highest BCUT2D eigenvalue weighted by Gasteiger charge is 2.24. The van der Waals surface area contributed by atoms with Crippen LogP contribution in [0.2, 0.25) is 5.02 Å². The summed E-state index contributed by atoms with van der Waals surface area (Å²) >= 11 is 5.97. The maximum atomic E-state index is 12.4. The maximum Gasteiger partial charge on any atom is 0.317 e. The molecule has 126 valence electrons. The monoisotopic (exact) mass is 344 g/mol. The Bertz CT molecular complexity index is 678. The van der Waals surface area contributed by atoms with E-state index in [0.717, 1.165) is 30.7 Å². The SMILES string of the molecule is O=C(NCc1cccc(Cl)c1)N1CCCC(Oc2ccccc2)C1. The van der Waals surface area contributed by atoms with Gasteiger partial charge in [0.2, 0.25) is 0 Å². The minimum atomic E-state index is -0.0589. The number of benzene rings is 2. The van der Waals surface area contributed by atoms with Crippen LogP contribution in [-0.4, -0.2) is 30.1 Å². The number of nitrogens with zero attached hydrogens (tertiary/aromatic N) is 1. The number of halogens is 1. The molecule has 5 heteroatoms. The molecule has 0 bridgehead atoms. The number of rotatable bonds is 4.